The molecule has 0 saturated carbocycles. The SMILES string of the molecule is C=C/C=C(\C=C)c1ccc(-c2ccc(C)cc2)cc1.CC. The van der Waals surface area contributed by atoms with E-state index in [1.165, 1.54) is 16.7 Å². The molecule has 2 aromatic rings. The molecule has 0 aliphatic heterocycles. The summed E-state index contributed by atoms with van der Waals surface area (Å²) in [6.07, 6.45) is 5.60. The first-order valence-corrected chi connectivity index (χ1v) is 7.37. The first-order valence-electron chi connectivity index (χ1n) is 7.37. The van der Waals surface area contributed by atoms with Gasteiger partial charge in [0.05, 0.1) is 0 Å². The van der Waals surface area contributed by atoms with Crippen LogP contribution in [-0.4, -0.2) is 0 Å². The molecule has 0 fully saturated rings. The van der Waals surface area contributed by atoms with Gasteiger partial charge in [0.2, 0.25) is 0 Å². The summed E-state index contributed by atoms with van der Waals surface area (Å²) in [5.41, 5.74) is 6.00. The van der Waals surface area contributed by atoms with Gasteiger partial charge in [-0.15, -0.1) is 0 Å². The number of allylic oxidation sites excluding steroid dienone is 4. The van der Waals surface area contributed by atoms with Crippen LogP contribution in [0, 0.1) is 6.92 Å². The highest BCUT2D eigenvalue weighted by Gasteiger charge is 1.99. The number of hydrogen-bond acceptors (Lipinski definition) is 0. The van der Waals surface area contributed by atoms with Gasteiger partial charge in [0.1, 0.15) is 0 Å². The van der Waals surface area contributed by atoms with Crippen LogP contribution in [0.4, 0.5) is 0 Å². The molecule has 0 radical (unpaired) electrons. The summed E-state index contributed by atoms with van der Waals surface area (Å²) in [5.74, 6) is 0. The Labute approximate surface area is 129 Å². The van der Waals surface area contributed by atoms with Crippen molar-refractivity contribution in [1.82, 2.24) is 0 Å². The Balaban J connectivity index is 0.00000106. The van der Waals surface area contributed by atoms with Crippen molar-refractivity contribution < 1.29 is 0 Å². The lowest BCUT2D eigenvalue weighted by atomic mass is 9.99. The highest BCUT2D eigenvalue weighted by Crippen LogP contribution is 2.23. The average Bonchev–Trinajstić information content (AvgIpc) is 2.55. The molecule has 0 amide bonds. The summed E-state index contributed by atoms with van der Waals surface area (Å²) in [6.45, 7) is 13.7. The van der Waals surface area contributed by atoms with Crippen molar-refractivity contribution in [2.75, 3.05) is 0 Å². The molecule has 0 aliphatic rings. The minimum atomic E-state index is 1.09. The Morgan fingerprint density at radius 1 is 0.810 bits per heavy atom. The van der Waals surface area contributed by atoms with E-state index >= 15 is 0 Å². The van der Waals surface area contributed by atoms with Gasteiger partial charge in [0.15, 0.2) is 0 Å². The Morgan fingerprint density at radius 3 is 1.71 bits per heavy atom. The van der Waals surface area contributed by atoms with E-state index in [1.807, 2.05) is 26.0 Å². The molecule has 2 aromatic carbocycles. The molecular formula is C21H24. The highest BCUT2D eigenvalue weighted by molar-refractivity contribution is 5.76. The maximum Gasteiger partial charge on any atom is -0.0184 e. The molecule has 0 heterocycles. The van der Waals surface area contributed by atoms with E-state index in [-0.39, 0.29) is 0 Å². The van der Waals surface area contributed by atoms with Gasteiger partial charge in [-0.3, -0.25) is 0 Å². The lowest BCUT2D eigenvalue weighted by Gasteiger charge is -2.05. The van der Waals surface area contributed by atoms with Crippen molar-refractivity contribution in [2.24, 2.45) is 0 Å². The number of aryl methyl sites for hydroxylation is 1. The molecule has 0 saturated heterocycles. The second-order valence-corrected chi connectivity index (χ2v) is 4.51. The summed E-state index contributed by atoms with van der Waals surface area (Å²) in [5, 5.41) is 0. The molecule has 0 nitrogen and oxygen atoms in total. The van der Waals surface area contributed by atoms with E-state index in [0.29, 0.717) is 0 Å². The van der Waals surface area contributed by atoms with Crippen LogP contribution in [-0.2, 0) is 0 Å². The van der Waals surface area contributed by atoms with Crippen LogP contribution in [0.2, 0.25) is 0 Å². The van der Waals surface area contributed by atoms with E-state index in [2.05, 4.69) is 68.6 Å². The standard InChI is InChI=1S/C19H18.C2H6/c1-4-6-16(5-2)17-11-13-19(14-12-17)18-9-7-15(3)8-10-18;1-2/h4-14H,1-2H2,3H3;1-2H3/b16-6+;. The maximum atomic E-state index is 3.83. The summed E-state index contributed by atoms with van der Waals surface area (Å²) < 4.78 is 0. The second-order valence-electron chi connectivity index (χ2n) is 4.51. The lowest BCUT2D eigenvalue weighted by molar-refractivity contribution is 1.47. The first kappa shape index (κ1) is 16.7. The third-order valence-electron chi connectivity index (χ3n) is 3.12. The largest absolute Gasteiger partial charge is 0.0990 e. The van der Waals surface area contributed by atoms with Gasteiger partial charge in [0, 0.05) is 0 Å². The molecule has 0 bridgehead atoms. The Kier molecular flexibility index (Phi) is 6.97. The fourth-order valence-corrected chi connectivity index (χ4v) is 2.01. The van der Waals surface area contributed by atoms with Gasteiger partial charge in [0.25, 0.3) is 0 Å². The van der Waals surface area contributed by atoms with Crippen LogP contribution in [0.25, 0.3) is 16.7 Å². The van der Waals surface area contributed by atoms with Gasteiger partial charge in [-0.25, -0.2) is 0 Å². The molecule has 108 valence electrons. The zero-order valence-electron chi connectivity index (χ0n) is 13.3. The average molecular weight is 276 g/mol. The van der Waals surface area contributed by atoms with Crippen LogP contribution in [0.15, 0.2) is 79.9 Å². The Bertz CT molecular complexity index is 595. The molecular weight excluding hydrogens is 252 g/mol. The van der Waals surface area contributed by atoms with Gasteiger partial charge in [-0.2, -0.15) is 0 Å². The Morgan fingerprint density at radius 2 is 1.29 bits per heavy atom. The molecule has 2 rings (SSSR count). The predicted octanol–water partition coefficient (Wildman–Crippen LogP) is 6.44. The monoisotopic (exact) mass is 276 g/mol. The molecule has 0 heteroatoms. The smallest absolute Gasteiger partial charge is 0.0184 e. The molecule has 0 aromatic heterocycles. The van der Waals surface area contributed by atoms with Gasteiger partial charge in [-0.1, -0.05) is 99.3 Å². The minimum absolute atomic E-state index is 1.09. The van der Waals surface area contributed by atoms with E-state index in [1.54, 1.807) is 6.08 Å². The number of rotatable bonds is 4. The minimum Gasteiger partial charge on any atom is -0.0990 e. The maximum absolute atomic E-state index is 3.83. The number of hydrogen-bond donors (Lipinski definition) is 0. The van der Waals surface area contributed by atoms with Crippen LogP contribution in [0.1, 0.15) is 25.0 Å². The molecule has 21 heavy (non-hydrogen) atoms. The third kappa shape index (κ3) is 4.61. The predicted molar refractivity (Wildman–Crippen MR) is 96.3 cm³/mol. The van der Waals surface area contributed by atoms with E-state index in [4.69, 9.17) is 0 Å². The molecule has 0 atom stereocenters. The van der Waals surface area contributed by atoms with Gasteiger partial charge >= 0.3 is 0 Å². The normalized spacial score (nSPS) is 10.3. The van der Waals surface area contributed by atoms with Crippen molar-refractivity contribution in [3.05, 3.63) is 91.0 Å². The zero-order valence-corrected chi connectivity index (χ0v) is 13.3. The van der Waals surface area contributed by atoms with Gasteiger partial charge in [-0.05, 0) is 29.2 Å². The third-order valence-corrected chi connectivity index (χ3v) is 3.12. The molecule has 0 unspecified atom stereocenters. The first-order chi connectivity index (χ1) is 10.2. The second kappa shape index (κ2) is 8.76. The summed E-state index contributed by atoms with van der Waals surface area (Å²) in [4.78, 5) is 0. The van der Waals surface area contributed by atoms with Crippen molar-refractivity contribution in [2.45, 2.75) is 20.8 Å². The van der Waals surface area contributed by atoms with Crippen LogP contribution >= 0.6 is 0 Å². The summed E-state index contributed by atoms with van der Waals surface area (Å²) in [7, 11) is 0. The quantitative estimate of drug-likeness (QED) is 0.563. The van der Waals surface area contributed by atoms with Crippen LogP contribution < -0.4 is 0 Å². The number of benzene rings is 2. The lowest BCUT2D eigenvalue weighted by Crippen LogP contribution is -1.82. The molecule has 0 N–H and O–H groups in total. The van der Waals surface area contributed by atoms with E-state index in [0.717, 1.165) is 11.1 Å². The molecule has 0 aliphatic carbocycles. The van der Waals surface area contributed by atoms with Gasteiger partial charge < -0.3 is 0 Å². The highest BCUT2D eigenvalue weighted by atomic mass is 14.0. The van der Waals surface area contributed by atoms with Crippen LogP contribution in [0.5, 0.6) is 0 Å². The Hall–Kier alpha value is -2.34. The van der Waals surface area contributed by atoms with Crippen molar-refractivity contribution >= 4 is 5.57 Å². The van der Waals surface area contributed by atoms with E-state index in [9.17, 15) is 0 Å². The van der Waals surface area contributed by atoms with E-state index < -0.39 is 0 Å². The fraction of sp³-hybridized carbons (Fsp3) is 0.143. The fourth-order valence-electron chi connectivity index (χ4n) is 2.01. The zero-order chi connectivity index (χ0) is 15.7. The van der Waals surface area contributed by atoms with Crippen molar-refractivity contribution in [3.63, 3.8) is 0 Å². The van der Waals surface area contributed by atoms with Crippen molar-refractivity contribution in [1.29, 1.82) is 0 Å². The van der Waals surface area contributed by atoms with Crippen LogP contribution in [0.3, 0.4) is 0 Å². The summed E-state index contributed by atoms with van der Waals surface area (Å²) in [6, 6.07) is 17.1. The topological polar surface area (TPSA) is 0 Å². The van der Waals surface area contributed by atoms with Crippen molar-refractivity contribution in [3.8, 4) is 11.1 Å². The molecule has 0 spiro atoms. The summed E-state index contributed by atoms with van der Waals surface area (Å²) >= 11 is 0.